The third kappa shape index (κ3) is 5.82. The molecule has 6 nitrogen and oxygen atoms in total. The second-order valence-corrected chi connectivity index (χ2v) is 10.9. The minimum absolute atomic E-state index is 0.0271. The highest BCUT2D eigenvalue weighted by atomic mass is 16.7. The molecule has 3 saturated heterocycles. The van der Waals surface area contributed by atoms with E-state index in [2.05, 4.69) is 103 Å². The van der Waals surface area contributed by atoms with E-state index < -0.39 is 6.16 Å². The van der Waals surface area contributed by atoms with Crippen molar-refractivity contribution in [1.29, 1.82) is 0 Å². The summed E-state index contributed by atoms with van der Waals surface area (Å²) >= 11 is 0. The fourth-order valence-electron chi connectivity index (χ4n) is 6.68. The SMILES string of the molecule is CCC(C)c1ccc(OC)c(CN[C@H]2[C@@H]3CCN(C[C@@H]3OC(=O)O)[C@H]2C(c2ccccc2)c2ccccc2)c1. The molecule has 2 N–H and O–H groups in total. The van der Waals surface area contributed by atoms with Crippen molar-refractivity contribution in [3.8, 4) is 5.75 Å². The smallest absolute Gasteiger partial charge is 0.496 e. The van der Waals surface area contributed by atoms with E-state index in [0.717, 1.165) is 30.7 Å². The summed E-state index contributed by atoms with van der Waals surface area (Å²) in [7, 11) is 1.72. The first-order chi connectivity index (χ1) is 19.0. The van der Waals surface area contributed by atoms with Crippen molar-refractivity contribution in [2.24, 2.45) is 5.92 Å². The first-order valence-corrected chi connectivity index (χ1v) is 14.1. The summed E-state index contributed by atoms with van der Waals surface area (Å²) in [6, 6.07) is 28.0. The molecule has 3 aromatic carbocycles. The van der Waals surface area contributed by atoms with Gasteiger partial charge < -0.3 is 19.9 Å². The normalized spacial score (nSPS) is 24.9. The summed E-state index contributed by atoms with van der Waals surface area (Å²) in [5, 5.41) is 13.4. The first kappa shape index (κ1) is 27.2. The zero-order chi connectivity index (χ0) is 27.4. The van der Waals surface area contributed by atoms with Crippen LogP contribution in [0.1, 0.15) is 60.8 Å². The van der Waals surface area contributed by atoms with Crippen LogP contribution in [0, 0.1) is 5.92 Å². The van der Waals surface area contributed by atoms with Gasteiger partial charge in [-0.3, -0.25) is 4.90 Å². The van der Waals surface area contributed by atoms with Gasteiger partial charge in [0, 0.05) is 42.6 Å². The number of rotatable bonds is 10. The van der Waals surface area contributed by atoms with Crippen LogP contribution in [-0.4, -0.2) is 54.5 Å². The maximum atomic E-state index is 11.6. The minimum atomic E-state index is -1.20. The Labute approximate surface area is 232 Å². The number of hydrogen-bond donors (Lipinski definition) is 2. The van der Waals surface area contributed by atoms with Crippen LogP contribution in [0.4, 0.5) is 4.79 Å². The van der Waals surface area contributed by atoms with Gasteiger partial charge in [-0.05, 0) is 48.1 Å². The molecule has 3 aliphatic rings. The number of methoxy groups -OCH3 is 1. The van der Waals surface area contributed by atoms with Crippen molar-refractivity contribution in [3.63, 3.8) is 0 Å². The van der Waals surface area contributed by atoms with Gasteiger partial charge in [0.25, 0.3) is 0 Å². The number of nitrogens with one attached hydrogen (secondary N) is 1. The maximum absolute atomic E-state index is 11.6. The second-order valence-electron chi connectivity index (χ2n) is 10.9. The van der Waals surface area contributed by atoms with Crippen LogP contribution in [0.2, 0.25) is 0 Å². The van der Waals surface area contributed by atoms with Crippen LogP contribution in [-0.2, 0) is 11.3 Å². The summed E-state index contributed by atoms with van der Waals surface area (Å²) in [5.74, 6) is 1.54. The lowest BCUT2D eigenvalue weighted by Crippen LogP contribution is -2.69. The third-order valence-electron chi connectivity index (χ3n) is 8.82. The van der Waals surface area contributed by atoms with E-state index in [0.29, 0.717) is 19.0 Å². The number of hydrogen-bond acceptors (Lipinski definition) is 5. The standard InChI is InChI=1S/C33H40N2O4/c1-4-22(2)25-15-16-28(38-3)26(19-25)20-34-31-27-17-18-35(21-29(27)39-33(36)37)32(31)30(23-11-7-5-8-12-23)24-13-9-6-10-14-24/h5-16,19,22,27,29-32,34H,4,17-18,20-21H2,1-3H3,(H,36,37)/t22?,27-,29+,31+,32+/m1/s1. The highest BCUT2D eigenvalue weighted by Crippen LogP contribution is 2.43. The molecule has 3 fully saturated rings. The molecule has 2 bridgehead atoms. The summed E-state index contributed by atoms with van der Waals surface area (Å²) in [4.78, 5) is 14.1. The van der Waals surface area contributed by atoms with E-state index >= 15 is 0 Å². The Morgan fingerprint density at radius 1 is 1.03 bits per heavy atom. The van der Waals surface area contributed by atoms with Crippen LogP contribution in [0.25, 0.3) is 0 Å². The van der Waals surface area contributed by atoms with E-state index in [9.17, 15) is 9.90 Å². The molecule has 0 aliphatic carbocycles. The molecule has 3 aliphatic heterocycles. The van der Waals surface area contributed by atoms with Crippen molar-refractivity contribution in [2.45, 2.75) is 63.3 Å². The Bertz CT molecular complexity index is 1200. The Hall–Kier alpha value is -3.35. The van der Waals surface area contributed by atoms with Gasteiger partial charge in [0.2, 0.25) is 0 Å². The van der Waals surface area contributed by atoms with Crippen LogP contribution in [0.3, 0.4) is 0 Å². The molecule has 206 valence electrons. The quantitative estimate of drug-likeness (QED) is 0.303. The van der Waals surface area contributed by atoms with Gasteiger partial charge in [-0.15, -0.1) is 0 Å². The van der Waals surface area contributed by atoms with Crippen LogP contribution >= 0.6 is 0 Å². The van der Waals surface area contributed by atoms with Gasteiger partial charge >= 0.3 is 6.16 Å². The zero-order valence-corrected chi connectivity index (χ0v) is 23.1. The first-order valence-electron chi connectivity index (χ1n) is 14.1. The average Bonchev–Trinajstić information content (AvgIpc) is 2.97. The lowest BCUT2D eigenvalue weighted by atomic mass is 9.69. The molecule has 3 aromatic rings. The van der Waals surface area contributed by atoms with Crippen LogP contribution in [0.5, 0.6) is 5.75 Å². The summed E-state index contributed by atoms with van der Waals surface area (Å²) in [6.07, 6.45) is 0.414. The number of piperidine rings is 3. The van der Waals surface area contributed by atoms with Gasteiger partial charge in [0.15, 0.2) is 0 Å². The third-order valence-corrected chi connectivity index (χ3v) is 8.82. The molecule has 0 spiro atoms. The maximum Gasteiger partial charge on any atom is 0.506 e. The zero-order valence-electron chi connectivity index (χ0n) is 23.1. The second kappa shape index (κ2) is 12.2. The fourth-order valence-corrected chi connectivity index (χ4v) is 6.68. The summed E-state index contributed by atoms with van der Waals surface area (Å²) < 4.78 is 11.2. The van der Waals surface area contributed by atoms with E-state index in [1.165, 1.54) is 16.7 Å². The van der Waals surface area contributed by atoms with Crippen molar-refractivity contribution < 1.29 is 19.4 Å². The number of benzene rings is 3. The Kier molecular flexibility index (Phi) is 8.53. The van der Waals surface area contributed by atoms with E-state index in [4.69, 9.17) is 9.47 Å². The monoisotopic (exact) mass is 528 g/mol. The molecule has 39 heavy (non-hydrogen) atoms. The molecule has 6 heteroatoms. The highest BCUT2D eigenvalue weighted by molar-refractivity contribution is 5.57. The van der Waals surface area contributed by atoms with Gasteiger partial charge in [-0.2, -0.15) is 0 Å². The Morgan fingerprint density at radius 3 is 2.28 bits per heavy atom. The number of nitrogens with zero attached hydrogens (tertiary/aromatic N) is 1. The lowest BCUT2D eigenvalue weighted by molar-refractivity contribution is -0.0951. The van der Waals surface area contributed by atoms with Crippen LogP contribution in [0.15, 0.2) is 78.9 Å². The number of ether oxygens (including phenoxy) is 2. The number of carbonyl (C=O) groups is 1. The molecular weight excluding hydrogens is 488 g/mol. The van der Waals surface area contributed by atoms with Gasteiger partial charge in [-0.25, -0.2) is 4.79 Å². The molecular formula is C33H40N2O4. The number of carboxylic acid groups (broad SMARTS) is 1. The Morgan fingerprint density at radius 2 is 1.69 bits per heavy atom. The minimum Gasteiger partial charge on any atom is -0.496 e. The van der Waals surface area contributed by atoms with Crippen molar-refractivity contribution in [1.82, 2.24) is 10.2 Å². The summed E-state index contributed by atoms with van der Waals surface area (Å²) in [6.45, 7) is 6.63. The van der Waals surface area contributed by atoms with Gasteiger partial charge in [0.1, 0.15) is 11.9 Å². The number of fused-ring (bicyclic) bond motifs is 3. The fraction of sp³-hybridized carbons (Fsp3) is 0.424. The average molecular weight is 529 g/mol. The molecule has 2 unspecified atom stereocenters. The molecule has 0 amide bonds. The van der Waals surface area contributed by atoms with Crippen LogP contribution < -0.4 is 10.1 Å². The molecule has 0 saturated carbocycles. The summed E-state index contributed by atoms with van der Waals surface area (Å²) in [5.41, 5.74) is 4.96. The highest BCUT2D eigenvalue weighted by Gasteiger charge is 2.51. The van der Waals surface area contributed by atoms with Crippen molar-refractivity contribution in [2.75, 3.05) is 20.2 Å². The molecule has 0 radical (unpaired) electrons. The lowest BCUT2D eigenvalue weighted by Gasteiger charge is -2.56. The van der Waals surface area contributed by atoms with E-state index in [-0.39, 0.29) is 30.0 Å². The predicted molar refractivity (Wildman–Crippen MR) is 153 cm³/mol. The van der Waals surface area contributed by atoms with E-state index in [1.54, 1.807) is 7.11 Å². The van der Waals surface area contributed by atoms with Crippen molar-refractivity contribution >= 4 is 6.16 Å². The van der Waals surface area contributed by atoms with Gasteiger partial charge in [0.05, 0.1) is 7.11 Å². The Balaban J connectivity index is 1.52. The molecule has 6 atom stereocenters. The van der Waals surface area contributed by atoms with Gasteiger partial charge in [-0.1, -0.05) is 86.6 Å². The van der Waals surface area contributed by atoms with E-state index in [1.807, 2.05) is 0 Å². The largest absolute Gasteiger partial charge is 0.506 e. The predicted octanol–water partition coefficient (Wildman–Crippen LogP) is 6.27. The molecule has 3 heterocycles. The molecule has 6 rings (SSSR count). The molecule has 0 aromatic heterocycles. The van der Waals surface area contributed by atoms with Crippen molar-refractivity contribution in [3.05, 3.63) is 101 Å². The topological polar surface area (TPSA) is 71.0 Å².